The van der Waals surface area contributed by atoms with Gasteiger partial charge in [0.25, 0.3) is 5.69 Å². The molecule has 7 nitrogen and oxygen atoms in total. The Kier molecular flexibility index (Phi) is 5.36. The van der Waals surface area contributed by atoms with Gasteiger partial charge in [0.2, 0.25) is 0 Å². The van der Waals surface area contributed by atoms with E-state index in [-0.39, 0.29) is 37.4 Å². The summed E-state index contributed by atoms with van der Waals surface area (Å²) in [5.74, 6) is -1.27. The first-order valence-corrected chi connectivity index (χ1v) is 8.47. The van der Waals surface area contributed by atoms with Crippen molar-refractivity contribution in [3.63, 3.8) is 0 Å². The summed E-state index contributed by atoms with van der Waals surface area (Å²) >= 11 is 0. The van der Waals surface area contributed by atoms with Crippen LogP contribution in [-0.4, -0.2) is 34.7 Å². The van der Waals surface area contributed by atoms with Gasteiger partial charge in [-0.1, -0.05) is 30.3 Å². The average Bonchev–Trinajstić information content (AvgIpc) is 3.02. The largest absolute Gasteiger partial charge is 0.461 e. The number of nitro groups is 1. The first kappa shape index (κ1) is 18.8. The summed E-state index contributed by atoms with van der Waals surface area (Å²) in [5, 5.41) is 21.4. The quantitative estimate of drug-likeness (QED) is 0.475. The number of nitro benzene ring substituents is 1. The third-order valence-electron chi connectivity index (χ3n) is 4.53. The van der Waals surface area contributed by atoms with Crippen LogP contribution in [0.4, 0.5) is 15.8 Å². The fourth-order valence-electron chi connectivity index (χ4n) is 3.13. The predicted octanol–water partition coefficient (Wildman–Crippen LogP) is 2.81. The van der Waals surface area contributed by atoms with Crippen molar-refractivity contribution in [1.82, 2.24) is 0 Å². The summed E-state index contributed by atoms with van der Waals surface area (Å²) in [4.78, 5) is 23.7. The standard InChI is InChI=1S/C19H19FN2O5/c20-16-10-15(22(25)26)6-7-17(16)21-9-8-19(24,13-21)11-18(23)27-12-14-4-2-1-3-5-14/h1-7,10,24H,8-9,11-13H2. The first-order valence-electron chi connectivity index (χ1n) is 8.47. The van der Waals surface area contributed by atoms with Crippen LogP contribution >= 0.6 is 0 Å². The zero-order valence-electron chi connectivity index (χ0n) is 14.5. The third kappa shape index (κ3) is 4.59. The Labute approximate surface area is 155 Å². The summed E-state index contributed by atoms with van der Waals surface area (Å²) in [5.41, 5.74) is -0.662. The van der Waals surface area contributed by atoms with Gasteiger partial charge in [-0.15, -0.1) is 0 Å². The van der Waals surface area contributed by atoms with Crippen LogP contribution in [0, 0.1) is 15.9 Å². The van der Waals surface area contributed by atoms with E-state index in [1.165, 1.54) is 12.1 Å². The highest BCUT2D eigenvalue weighted by Crippen LogP contribution is 2.32. The Morgan fingerprint density at radius 1 is 1.30 bits per heavy atom. The van der Waals surface area contributed by atoms with E-state index in [9.17, 15) is 24.4 Å². The lowest BCUT2D eigenvalue weighted by Gasteiger charge is -2.24. The van der Waals surface area contributed by atoms with Gasteiger partial charge < -0.3 is 14.7 Å². The van der Waals surface area contributed by atoms with E-state index in [1.54, 1.807) is 4.90 Å². The Bertz CT molecular complexity index is 845. The summed E-state index contributed by atoms with van der Waals surface area (Å²) in [6, 6.07) is 12.6. The van der Waals surface area contributed by atoms with Gasteiger partial charge in [-0.2, -0.15) is 0 Å². The van der Waals surface area contributed by atoms with Crippen LogP contribution in [0.1, 0.15) is 18.4 Å². The maximum absolute atomic E-state index is 14.2. The van der Waals surface area contributed by atoms with Crippen molar-refractivity contribution < 1.29 is 24.0 Å². The van der Waals surface area contributed by atoms with Crippen molar-refractivity contribution in [3.05, 3.63) is 70.0 Å². The Morgan fingerprint density at radius 3 is 2.70 bits per heavy atom. The summed E-state index contributed by atoms with van der Waals surface area (Å²) < 4.78 is 19.4. The number of non-ortho nitro benzene ring substituents is 1. The van der Waals surface area contributed by atoms with Crippen molar-refractivity contribution in [3.8, 4) is 0 Å². The highest BCUT2D eigenvalue weighted by atomic mass is 19.1. The van der Waals surface area contributed by atoms with Crippen LogP contribution in [-0.2, 0) is 16.1 Å². The average molecular weight is 374 g/mol. The molecule has 0 bridgehead atoms. The molecule has 27 heavy (non-hydrogen) atoms. The number of hydrogen-bond donors (Lipinski definition) is 1. The number of ether oxygens (including phenoxy) is 1. The van der Waals surface area contributed by atoms with Gasteiger partial charge in [-0.3, -0.25) is 14.9 Å². The van der Waals surface area contributed by atoms with Crippen molar-refractivity contribution in [2.75, 3.05) is 18.0 Å². The van der Waals surface area contributed by atoms with Crippen molar-refractivity contribution in [1.29, 1.82) is 0 Å². The van der Waals surface area contributed by atoms with E-state index in [0.29, 0.717) is 6.54 Å². The number of hydrogen-bond acceptors (Lipinski definition) is 6. The van der Waals surface area contributed by atoms with Gasteiger partial charge >= 0.3 is 5.97 Å². The van der Waals surface area contributed by atoms with Crippen LogP contribution in [0.15, 0.2) is 48.5 Å². The lowest BCUT2D eigenvalue weighted by Crippen LogP contribution is -2.36. The van der Waals surface area contributed by atoms with E-state index in [4.69, 9.17) is 4.74 Å². The van der Waals surface area contributed by atoms with Crippen LogP contribution in [0.2, 0.25) is 0 Å². The smallest absolute Gasteiger partial charge is 0.309 e. The van der Waals surface area contributed by atoms with Gasteiger partial charge in [-0.25, -0.2) is 4.39 Å². The molecule has 1 atom stereocenters. The summed E-state index contributed by atoms with van der Waals surface area (Å²) in [7, 11) is 0. The third-order valence-corrected chi connectivity index (χ3v) is 4.53. The number of carbonyl (C=O) groups is 1. The molecule has 0 spiro atoms. The van der Waals surface area contributed by atoms with Crippen LogP contribution in [0.5, 0.6) is 0 Å². The zero-order valence-corrected chi connectivity index (χ0v) is 14.5. The summed E-state index contributed by atoms with van der Waals surface area (Å²) in [6.07, 6.45) is 0.0643. The second kappa shape index (κ2) is 7.71. The minimum absolute atomic E-state index is 0.0438. The topological polar surface area (TPSA) is 92.9 Å². The van der Waals surface area contributed by atoms with Gasteiger partial charge in [0, 0.05) is 19.2 Å². The molecule has 3 rings (SSSR count). The molecule has 1 aliphatic rings. The Morgan fingerprint density at radius 2 is 2.04 bits per heavy atom. The monoisotopic (exact) mass is 374 g/mol. The second-order valence-corrected chi connectivity index (χ2v) is 6.61. The lowest BCUT2D eigenvalue weighted by atomic mass is 9.99. The van der Waals surface area contributed by atoms with Gasteiger partial charge in [-0.05, 0) is 18.1 Å². The number of esters is 1. The highest BCUT2D eigenvalue weighted by Gasteiger charge is 2.39. The number of carbonyl (C=O) groups excluding carboxylic acids is 1. The summed E-state index contributed by atoms with van der Waals surface area (Å²) in [6.45, 7) is 0.496. The number of halogens is 1. The highest BCUT2D eigenvalue weighted by molar-refractivity contribution is 5.71. The molecule has 0 radical (unpaired) electrons. The number of rotatable bonds is 6. The zero-order chi connectivity index (χ0) is 19.4. The van der Waals surface area contributed by atoms with E-state index in [0.717, 1.165) is 11.6 Å². The van der Waals surface area contributed by atoms with Crippen LogP contribution in [0.25, 0.3) is 0 Å². The predicted molar refractivity (Wildman–Crippen MR) is 95.7 cm³/mol. The van der Waals surface area contributed by atoms with Gasteiger partial charge in [0.1, 0.15) is 6.61 Å². The molecule has 142 valence electrons. The SMILES string of the molecule is O=C(CC1(O)CCN(c2ccc([N+](=O)[O-])cc2F)C1)OCc1ccccc1. The molecule has 1 aliphatic heterocycles. The van der Waals surface area contributed by atoms with Crippen LogP contribution < -0.4 is 4.90 Å². The molecule has 1 saturated heterocycles. The fraction of sp³-hybridized carbons (Fsp3) is 0.316. The number of nitrogens with zero attached hydrogens (tertiary/aromatic N) is 2. The van der Waals surface area contributed by atoms with Gasteiger partial charge in [0.15, 0.2) is 5.82 Å². The number of β-amino-alcohol motifs (C(OH)–C–C–N with tert-alkyl or cyclic N) is 1. The Hall–Kier alpha value is -3.00. The maximum atomic E-state index is 14.2. The fourth-order valence-corrected chi connectivity index (χ4v) is 3.13. The molecule has 1 unspecified atom stereocenters. The normalized spacial score (nSPS) is 19.1. The molecule has 2 aromatic carbocycles. The molecule has 0 amide bonds. The van der Waals surface area contributed by atoms with Crippen molar-refractivity contribution >= 4 is 17.3 Å². The lowest BCUT2D eigenvalue weighted by molar-refractivity contribution is -0.385. The molecule has 1 fully saturated rings. The molecule has 0 saturated carbocycles. The van der Waals surface area contributed by atoms with Crippen molar-refractivity contribution in [2.24, 2.45) is 0 Å². The van der Waals surface area contributed by atoms with E-state index >= 15 is 0 Å². The first-order chi connectivity index (χ1) is 12.9. The molecular weight excluding hydrogens is 355 g/mol. The van der Waals surface area contributed by atoms with Gasteiger partial charge in [0.05, 0.1) is 28.7 Å². The van der Waals surface area contributed by atoms with E-state index < -0.39 is 22.3 Å². The second-order valence-electron chi connectivity index (χ2n) is 6.61. The molecule has 0 aliphatic carbocycles. The molecule has 2 aromatic rings. The number of benzene rings is 2. The number of aliphatic hydroxyl groups is 1. The number of anilines is 1. The Balaban J connectivity index is 1.59. The minimum atomic E-state index is -1.33. The molecular formula is C19H19FN2O5. The van der Waals surface area contributed by atoms with E-state index in [2.05, 4.69) is 0 Å². The van der Waals surface area contributed by atoms with Crippen LogP contribution in [0.3, 0.4) is 0 Å². The minimum Gasteiger partial charge on any atom is -0.461 e. The molecule has 1 N–H and O–H groups in total. The molecule has 1 heterocycles. The van der Waals surface area contributed by atoms with E-state index in [1.807, 2.05) is 30.3 Å². The molecule has 8 heteroatoms. The van der Waals surface area contributed by atoms with Crippen molar-refractivity contribution in [2.45, 2.75) is 25.0 Å². The maximum Gasteiger partial charge on any atom is 0.309 e. The molecule has 0 aromatic heterocycles.